The number of benzene rings is 1. The number of para-hydroxylation sites is 2. The van der Waals surface area contributed by atoms with Gasteiger partial charge in [0.25, 0.3) is 5.69 Å². The molecule has 0 aliphatic carbocycles. The van der Waals surface area contributed by atoms with Crippen LogP contribution in [0.4, 0.5) is 11.4 Å². The van der Waals surface area contributed by atoms with E-state index < -0.39 is 11.0 Å². The molecule has 3 N–H and O–H groups in total. The van der Waals surface area contributed by atoms with Gasteiger partial charge in [-0.1, -0.05) is 19.1 Å². The number of hydrogen-bond acceptors (Lipinski definition) is 5. The molecule has 1 aromatic rings. The molecule has 1 amide bonds. The van der Waals surface area contributed by atoms with Gasteiger partial charge >= 0.3 is 0 Å². The molecule has 0 aliphatic heterocycles. The molecule has 21 heavy (non-hydrogen) atoms. The quantitative estimate of drug-likeness (QED) is 0.498. The number of nitro benzene ring substituents is 1. The van der Waals surface area contributed by atoms with E-state index in [0.717, 1.165) is 0 Å². The first-order chi connectivity index (χ1) is 9.90. The Balaban J connectivity index is 2.42. The summed E-state index contributed by atoms with van der Waals surface area (Å²) in [6, 6.07) is 6.17. The van der Waals surface area contributed by atoms with Crippen LogP contribution in [0.15, 0.2) is 24.3 Å². The Morgan fingerprint density at radius 2 is 2.05 bits per heavy atom. The first kappa shape index (κ1) is 16.9. The Bertz CT molecular complexity index is 491. The molecule has 0 aliphatic rings. The average Bonchev–Trinajstić information content (AvgIpc) is 2.42. The molecule has 0 radical (unpaired) electrons. The predicted molar refractivity (Wildman–Crippen MR) is 80.1 cm³/mol. The van der Waals surface area contributed by atoms with E-state index in [4.69, 9.17) is 0 Å². The van der Waals surface area contributed by atoms with E-state index in [1.165, 1.54) is 6.07 Å². The van der Waals surface area contributed by atoms with Crippen molar-refractivity contribution in [2.24, 2.45) is 5.92 Å². The highest BCUT2D eigenvalue weighted by Gasteiger charge is 2.13. The normalized spacial score (nSPS) is 13.3. The maximum atomic E-state index is 11.7. The molecule has 1 rings (SSSR count). The van der Waals surface area contributed by atoms with Crippen molar-refractivity contribution in [1.29, 1.82) is 0 Å². The molecule has 0 heterocycles. The van der Waals surface area contributed by atoms with Crippen LogP contribution in [0.5, 0.6) is 0 Å². The summed E-state index contributed by atoms with van der Waals surface area (Å²) >= 11 is 0. The van der Waals surface area contributed by atoms with Gasteiger partial charge in [-0.15, -0.1) is 0 Å². The Morgan fingerprint density at radius 3 is 2.67 bits per heavy atom. The van der Waals surface area contributed by atoms with E-state index in [1.54, 1.807) is 25.1 Å². The Morgan fingerprint density at radius 1 is 1.38 bits per heavy atom. The first-order valence-corrected chi connectivity index (χ1v) is 6.82. The zero-order chi connectivity index (χ0) is 15.8. The zero-order valence-corrected chi connectivity index (χ0v) is 12.2. The number of aliphatic hydroxyl groups excluding tert-OH is 1. The largest absolute Gasteiger partial charge is 0.393 e. The molecule has 0 saturated heterocycles. The predicted octanol–water partition coefficient (Wildman–Crippen LogP) is 1.53. The number of hydrogen-bond donors (Lipinski definition) is 3. The van der Waals surface area contributed by atoms with Crippen molar-refractivity contribution >= 4 is 17.3 Å². The summed E-state index contributed by atoms with van der Waals surface area (Å²) in [4.78, 5) is 22.0. The lowest BCUT2D eigenvalue weighted by molar-refractivity contribution is -0.383. The summed E-state index contributed by atoms with van der Waals surface area (Å²) in [6.45, 7) is 4.06. The molecule has 2 atom stereocenters. The molecule has 7 nitrogen and oxygen atoms in total. The lowest BCUT2D eigenvalue weighted by Gasteiger charge is -2.14. The van der Waals surface area contributed by atoms with Gasteiger partial charge in [0, 0.05) is 12.6 Å². The molecular weight excluding hydrogens is 274 g/mol. The molecule has 0 spiro atoms. The second-order valence-corrected chi connectivity index (χ2v) is 5.12. The SMILES string of the molecule is CC(O)CC(C)CNC(=O)CNc1ccccc1[N+](=O)[O-]. The average molecular weight is 295 g/mol. The van der Waals surface area contributed by atoms with Gasteiger partial charge in [-0.3, -0.25) is 14.9 Å². The second-order valence-electron chi connectivity index (χ2n) is 5.12. The highest BCUT2D eigenvalue weighted by atomic mass is 16.6. The number of aliphatic hydroxyl groups is 1. The monoisotopic (exact) mass is 295 g/mol. The fourth-order valence-corrected chi connectivity index (χ4v) is 1.97. The molecular formula is C14H21N3O4. The van der Waals surface area contributed by atoms with Gasteiger partial charge in [-0.05, 0) is 25.3 Å². The number of carbonyl (C=O) groups excluding carboxylic acids is 1. The van der Waals surface area contributed by atoms with Crippen LogP contribution in [0.25, 0.3) is 0 Å². The maximum Gasteiger partial charge on any atom is 0.292 e. The fourth-order valence-electron chi connectivity index (χ4n) is 1.97. The summed E-state index contributed by atoms with van der Waals surface area (Å²) in [5.41, 5.74) is 0.252. The van der Waals surface area contributed by atoms with Crippen LogP contribution in [0.3, 0.4) is 0 Å². The van der Waals surface area contributed by atoms with Gasteiger partial charge in [0.1, 0.15) is 5.69 Å². The first-order valence-electron chi connectivity index (χ1n) is 6.82. The molecule has 116 valence electrons. The van der Waals surface area contributed by atoms with Crippen molar-refractivity contribution in [3.8, 4) is 0 Å². The second kappa shape index (κ2) is 8.21. The van der Waals surface area contributed by atoms with Gasteiger partial charge in [0.15, 0.2) is 0 Å². The van der Waals surface area contributed by atoms with Gasteiger partial charge in [0.05, 0.1) is 17.6 Å². The van der Waals surface area contributed by atoms with E-state index in [2.05, 4.69) is 10.6 Å². The topological polar surface area (TPSA) is 104 Å². The lowest BCUT2D eigenvalue weighted by atomic mass is 10.1. The molecule has 2 unspecified atom stereocenters. The van der Waals surface area contributed by atoms with Gasteiger partial charge in [0.2, 0.25) is 5.91 Å². The van der Waals surface area contributed by atoms with E-state index in [1.807, 2.05) is 6.92 Å². The number of amides is 1. The van der Waals surface area contributed by atoms with Crippen LogP contribution >= 0.6 is 0 Å². The molecule has 0 fully saturated rings. The summed E-state index contributed by atoms with van der Waals surface area (Å²) in [7, 11) is 0. The van der Waals surface area contributed by atoms with E-state index >= 15 is 0 Å². The summed E-state index contributed by atoms with van der Waals surface area (Å²) < 4.78 is 0. The smallest absolute Gasteiger partial charge is 0.292 e. The third kappa shape index (κ3) is 6.22. The van der Waals surface area contributed by atoms with Crippen LogP contribution in [0, 0.1) is 16.0 Å². The maximum absolute atomic E-state index is 11.7. The Hall–Kier alpha value is -2.15. The van der Waals surface area contributed by atoms with Crippen LogP contribution < -0.4 is 10.6 Å². The van der Waals surface area contributed by atoms with Crippen molar-refractivity contribution in [1.82, 2.24) is 5.32 Å². The van der Waals surface area contributed by atoms with E-state index in [9.17, 15) is 20.0 Å². The van der Waals surface area contributed by atoms with Crippen LogP contribution in [-0.2, 0) is 4.79 Å². The number of rotatable bonds is 8. The fraction of sp³-hybridized carbons (Fsp3) is 0.500. The number of carbonyl (C=O) groups is 1. The standard InChI is InChI=1S/C14H21N3O4/c1-10(7-11(2)18)8-16-14(19)9-15-12-5-3-4-6-13(12)17(20)21/h3-6,10-11,15,18H,7-9H2,1-2H3,(H,16,19). The third-order valence-corrected chi connectivity index (χ3v) is 2.93. The van der Waals surface area contributed by atoms with E-state index in [0.29, 0.717) is 18.7 Å². The lowest BCUT2D eigenvalue weighted by Crippen LogP contribution is -2.33. The number of nitrogens with one attached hydrogen (secondary N) is 2. The van der Waals surface area contributed by atoms with Gasteiger partial charge < -0.3 is 15.7 Å². The summed E-state index contributed by atoms with van der Waals surface area (Å²) in [5, 5.41) is 25.5. The molecule has 0 aromatic heterocycles. The van der Waals surface area contributed by atoms with Crippen molar-refractivity contribution in [2.45, 2.75) is 26.4 Å². The highest BCUT2D eigenvalue weighted by molar-refractivity contribution is 5.81. The Kier molecular flexibility index (Phi) is 6.61. The third-order valence-electron chi connectivity index (χ3n) is 2.93. The van der Waals surface area contributed by atoms with Gasteiger partial charge in [-0.2, -0.15) is 0 Å². The minimum Gasteiger partial charge on any atom is -0.393 e. The van der Waals surface area contributed by atoms with Crippen molar-refractivity contribution in [3.63, 3.8) is 0 Å². The Labute approximate surface area is 123 Å². The molecule has 1 aromatic carbocycles. The minimum absolute atomic E-state index is 0.0355. The van der Waals surface area contributed by atoms with Crippen LogP contribution in [0.1, 0.15) is 20.3 Å². The highest BCUT2D eigenvalue weighted by Crippen LogP contribution is 2.22. The molecule has 0 bridgehead atoms. The molecule has 0 saturated carbocycles. The van der Waals surface area contributed by atoms with Crippen molar-refractivity contribution in [3.05, 3.63) is 34.4 Å². The zero-order valence-electron chi connectivity index (χ0n) is 12.2. The summed E-state index contributed by atoms with van der Waals surface area (Å²) in [5.74, 6) is -0.0781. The number of nitro groups is 1. The van der Waals surface area contributed by atoms with Crippen LogP contribution in [0.2, 0.25) is 0 Å². The van der Waals surface area contributed by atoms with E-state index in [-0.39, 0.29) is 24.1 Å². The van der Waals surface area contributed by atoms with Crippen LogP contribution in [-0.4, -0.2) is 35.1 Å². The van der Waals surface area contributed by atoms with Gasteiger partial charge in [-0.25, -0.2) is 0 Å². The van der Waals surface area contributed by atoms with Crippen molar-refractivity contribution in [2.75, 3.05) is 18.4 Å². The number of anilines is 1. The molecule has 7 heteroatoms. The minimum atomic E-state index is -0.495. The van der Waals surface area contributed by atoms with Crippen molar-refractivity contribution < 1.29 is 14.8 Å². The summed E-state index contributed by atoms with van der Waals surface area (Å²) in [6.07, 6.45) is 0.208. The number of nitrogens with zero attached hydrogens (tertiary/aromatic N) is 1.